The maximum atomic E-state index is 12.7. The van der Waals surface area contributed by atoms with Gasteiger partial charge in [0.1, 0.15) is 5.78 Å². The van der Waals surface area contributed by atoms with Crippen molar-refractivity contribution in [2.24, 2.45) is 5.92 Å². The second-order valence-corrected chi connectivity index (χ2v) is 12.6. The second kappa shape index (κ2) is 8.06. The van der Waals surface area contributed by atoms with Crippen LogP contribution in [-0.4, -0.2) is 19.6 Å². The summed E-state index contributed by atoms with van der Waals surface area (Å²) in [6.45, 7) is 8.62. The summed E-state index contributed by atoms with van der Waals surface area (Å²) in [7, 11) is -1.76. The molecule has 0 N–H and O–H groups in total. The van der Waals surface area contributed by atoms with Crippen LogP contribution in [0.5, 0.6) is 0 Å². The van der Waals surface area contributed by atoms with Crippen LogP contribution in [0, 0.1) is 5.92 Å². The Morgan fingerprint density at radius 2 is 1.92 bits per heavy atom. The Hall–Kier alpha value is -1.48. The van der Waals surface area contributed by atoms with Gasteiger partial charge in [0.25, 0.3) is 0 Å². The zero-order chi connectivity index (χ0) is 17.7. The first-order chi connectivity index (χ1) is 11.3. The third kappa shape index (κ3) is 4.53. The Morgan fingerprint density at radius 1 is 1.25 bits per heavy atom. The van der Waals surface area contributed by atoms with Gasteiger partial charge in [-0.15, -0.1) is 0 Å². The largest absolute Gasteiger partial charge is 0.300 e. The number of unbranched alkanes of at least 4 members (excludes halogenated alkanes) is 1. The molecule has 1 fully saturated rings. The number of rotatable bonds is 6. The number of carbonyl (C=O) groups is 2. The van der Waals surface area contributed by atoms with E-state index in [1.54, 1.807) is 6.92 Å². The highest BCUT2D eigenvalue weighted by Crippen LogP contribution is 2.42. The molecule has 0 aliphatic heterocycles. The fourth-order valence-corrected chi connectivity index (χ4v) is 7.36. The molecule has 24 heavy (non-hydrogen) atoms. The normalized spacial score (nSPS) is 23.5. The van der Waals surface area contributed by atoms with E-state index in [0.29, 0.717) is 30.1 Å². The standard InChI is InChI=1S/C21H30O2Si/c1-16-14-20(23)19(13-9-8-10-17(2)22)21(15-16)24(3,4)18-11-6-5-7-12-18/h5-7,11-13,16,21H,8-10,14-15H2,1-4H3/b19-13-/t16-,21+/m0/s1. The van der Waals surface area contributed by atoms with Crippen molar-refractivity contribution < 1.29 is 9.59 Å². The second-order valence-electron chi connectivity index (χ2n) is 7.86. The lowest BCUT2D eigenvalue weighted by atomic mass is 9.85. The van der Waals surface area contributed by atoms with Crippen LogP contribution in [0.2, 0.25) is 18.6 Å². The fourth-order valence-electron chi connectivity index (χ4n) is 3.86. The van der Waals surface area contributed by atoms with Crippen molar-refractivity contribution in [3.05, 3.63) is 42.0 Å². The Labute approximate surface area is 147 Å². The molecule has 2 atom stereocenters. The van der Waals surface area contributed by atoms with Gasteiger partial charge in [-0.3, -0.25) is 4.79 Å². The summed E-state index contributed by atoms with van der Waals surface area (Å²) in [5.41, 5.74) is 1.44. The number of Topliss-reactive ketones (excluding diaryl/α,β-unsaturated/α-hetero) is 2. The molecule has 0 bridgehead atoms. The van der Waals surface area contributed by atoms with Crippen LogP contribution < -0.4 is 5.19 Å². The molecule has 0 unspecified atom stereocenters. The van der Waals surface area contributed by atoms with Crippen LogP contribution in [-0.2, 0) is 9.59 Å². The smallest absolute Gasteiger partial charge is 0.158 e. The summed E-state index contributed by atoms with van der Waals surface area (Å²) in [6.07, 6.45) is 6.23. The molecule has 1 aliphatic rings. The van der Waals surface area contributed by atoms with E-state index in [9.17, 15) is 9.59 Å². The molecular weight excluding hydrogens is 312 g/mol. The van der Waals surface area contributed by atoms with E-state index < -0.39 is 8.07 Å². The Morgan fingerprint density at radius 3 is 2.54 bits per heavy atom. The maximum Gasteiger partial charge on any atom is 0.158 e. The molecule has 1 aromatic carbocycles. The van der Waals surface area contributed by atoms with E-state index >= 15 is 0 Å². The van der Waals surface area contributed by atoms with Gasteiger partial charge in [0, 0.05) is 12.8 Å². The lowest BCUT2D eigenvalue weighted by Crippen LogP contribution is -2.49. The minimum absolute atomic E-state index is 0.229. The molecule has 1 aliphatic carbocycles. The first-order valence-electron chi connectivity index (χ1n) is 9.10. The topological polar surface area (TPSA) is 34.1 Å². The minimum atomic E-state index is -1.76. The molecule has 3 heteroatoms. The third-order valence-corrected chi connectivity index (χ3v) is 9.47. The fraction of sp³-hybridized carbons (Fsp3) is 0.524. The molecule has 0 radical (unpaired) electrons. The van der Waals surface area contributed by atoms with Crippen molar-refractivity contribution in [2.75, 3.05) is 0 Å². The average Bonchev–Trinajstić information content (AvgIpc) is 2.53. The van der Waals surface area contributed by atoms with Crippen LogP contribution in [0.15, 0.2) is 42.0 Å². The number of benzene rings is 1. The summed E-state index contributed by atoms with van der Waals surface area (Å²) < 4.78 is 0. The van der Waals surface area contributed by atoms with Crippen molar-refractivity contribution in [3.63, 3.8) is 0 Å². The van der Waals surface area contributed by atoms with Crippen molar-refractivity contribution in [1.29, 1.82) is 0 Å². The minimum Gasteiger partial charge on any atom is -0.300 e. The molecule has 2 rings (SSSR count). The highest BCUT2D eigenvalue weighted by Gasteiger charge is 2.41. The molecule has 0 amide bonds. The molecule has 130 valence electrons. The molecule has 0 saturated heterocycles. The Bertz CT molecular complexity index is 616. The first-order valence-corrected chi connectivity index (χ1v) is 12.2. The summed E-state index contributed by atoms with van der Waals surface area (Å²) in [6, 6.07) is 10.7. The van der Waals surface area contributed by atoms with Crippen LogP contribution in [0.4, 0.5) is 0 Å². The van der Waals surface area contributed by atoms with Crippen LogP contribution in [0.25, 0.3) is 0 Å². The van der Waals surface area contributed by atoms with E-state index in [1.807, 2.05) is 0 Å². The molecule has 0 aromatic heterocycles. The van der Waals surface area contributed by atoms with Crippen molar-refractivity contribution >= 4 is 24.8 Å². The van der Waals surface area contributed by atoms with Gasteiger partial charge in [0.2, 0.25) is 0 Å². The van der Waals surface area contributed by atoms with Gasteiger partial charge in [0.15, 0.2) is 5.78 Å². The van der Waals surface area contributed by atoms with Crippen molar-refractivity contribution in [2.45, 2.75) is 64.6 Å². The summed E-state index contributed by atoms with van der Waals surface area (Å²) in [5.74, 6) is 1.03. The number of allylic oxidation sites excluding steroid dienone is 2. The van der Waals surface area contributed by atoms with Gasteiger partial charge in [-0.25, -0.2) is 0 Å². The lowest BCUT2D eigenvalue weighted by molar-refractivity contribution is -0.117. The van der Waals surface area contributed by atoms with Gasteiger partial charge < -0.3 is 4.79 Å². The van der Waals surface area contributed by atoms with E-state index in [1.165, 1.54) is 5.19 Å². The van der Waals surface area contributed by atoms with Crippen LogP contribution in [0.3, 0.4) is 0 Å². The number of hydrogen-bond donors (Lipinski definition) is 0. The predicted octanol–water partition coefficient (Wildman–Crippen LogP) is 4.66. The summed E-state index contributed by atoms with van der Waals surface area (Å²) in [5, 5.41) is 1.42. The maximum absolute atomic E-state index is 12.7. The third-order valence-electron chi connectivity index (χ3n) is 5.36. The van der Waals surface area contributed by atoms with E-state index in [0.717, 1.165) is 24.8 Å². The quantitative estimate of drug-likeness (QED) is 0.428. The Balaban J connectivity index is 2.26. The van der Waals surface area contributed by atoms with Gasteiger partial charge in [-0.1, -0.05) is 61.6 Å². The number of hydrogen-bond acceptors (Lipinski definition) is 2. The zero-order valence-electron chi connectivity index (χ0n) is 15.5. The molecule has 1 aromatic rings. The van der Waals surface area contributed by atoms with E-state index in [-0.39, 0.29) is 5.78 Å². The molecule has 2 nitrogen and oxygen atoms in total. The van der Waals surface area contributed by atoms with Gasteiger partial charge in [-0.05, 0) is 43.2 Å². The summed E-state index contributed by atoms with van der Waals surface area (Å²) in [4.78, 5) is 23.8. The molecular formula is C21H30O2Si. The van der Waals surface area contributed by atoms with Crippen LogP contribution >= 0.6 is 0 Å². The number of ketones is 2. The zero-order valence-corrected chi connectivity index (χ0v) is 16.5. The number of carbonyl (C=O) groups excluding carboxylic acids is 2. The SMILES string of the molecule is CC(=O)CCC/C=C1/C(=O)C[C@H](C)C[C@H]1[Si](C)(C)c1ccccc1. The highest BCUT2D eigenvalue weighted by atomic mass is 28.3. The van der Waals surface area contributed by atoms with E-state index in [2.05, 4.69) is 56.4 Å². The van der Waals surface area contributed by atoms with E-state index in [4.69, 9.17) is 0 Å². The Kier molecular flexibility index (Phi) is 6.33. The molecule has 0 spiro atoms. The average molecular weight is 343 g/mol. The highest BCUT2D eigenvalue weighted by molar-refractivity contribution is 6.91. The molecule has 1 saturated carbocycles. The lowest BCUT2D eigenvalue weighted by Gasteiger charge is -2.39. The van der Waals surface area contributed by atoms with Gasteiger partial charge in [0.05, 0.1) is 8.07 Å². The van der Waals surface area contributed by atoms with Gasteiger partial charge >= 0.3 is 0 Å². The monoisotopic (exact) mass is 342 g/mol. The van der Waals surface area contributed by atoms with Crippen molar-refractivity contribution in [1.82, 2.24) is 0 Å². The first kappa shape index (κ1) is 18.8. The van der Waals surface area contributed by atoms with Crippen molar-refractivity contribution in [3.8, 4) is 0 Å². The molecule has 0 heterocycles. The summed E-state index contributed by atoms with van der Waals surface area (Å²) >= 11 is 0. The predicted molar refractivity (Wildman–Crippen MR) is 103 cm³/mol. The van der Waals surface area contributed by atoms with Gasteiger partial charge in [-0.2, -0.15) is 0 Å². The van der Waals surface area contributed by atoms with Crippen LogP contribution in [0.1, 0.15) is 46.0 Å².